The monoisotopic (exact) mass is 340 g/mol. The number of aromatic nitrogens is 2. The number of carbonyl (C=O) groups is 2. The van der Waals surface area contributed by atoms with Crippen LogP contribution in [0, 0.1) is 5.92 Å². The summed E-state index contributed by atoms with van der Waals surface area (Å²) in [6, 6.07) is 11.2. The SMILES string of the molecule is CC[C@H]1CCC[C@@H](NC(=O)C(=O)Nc2ccnn2-c2ccccc2)C1. The molecule has 1 aliphatic carbocycles. The van der Waals surface area contributed by atoms with Crippen LogP contribution in [-0.2, 0) is 9.59 Å². The molecular weight excluding hydrogens is 316 g/mol. The first-order chi connectivity index (χ1) is 12.2. The molecule has 25 heavy (non-hydrogen) atoms. The van der Waals surface area contributed by atoms with E-state index in [1.165, 1.54) is 6.42 Å². The molecule has 2 atom stereocenters. The van der Waals surface area contributed by atoms with E-state index in [2.05, 4.69) is 22.7 Å². The maximum atomic E-state index is 12.3. The lowest BCUT2D eigenvalue weighted by Gasteiger charge is -2.28. The van der Waals surface area contributed by atoms with Crippen molar-refractivity contribution in [2.45, 2.75) is 45.1 Å². The molecule has 6 nitrogen and oxygen atoms in total. The second-order valence-corrected chi connectivity index (χ2v) is 6.53. The third kappa shape index (κ3) is 4.26. The molecule has 6 heteroatoms. The van der Waals surface area contributed by atoms with Crippen molar-refractivity contribution in [3.05, 3.63) is 42.6 Å². The molecule has 0 aliphatic heterocycles. The number of hydrogen-bond donors (Lipinski definition) is 2. The summed E-state index contributed by atoms with van der Waals surface area (Å²) in [6.07, 6.45) is 6.93. The van der Waals surface area contributed by atoms with E-state index >= 15 is 0 Å². The zero-order valence-corrected chi connectivity index (χ0v) is 14.4. The fourth-order valence-electron chi connectivity index (χ4n) is 3.39. The van der Waals surface area contributed by atoms with Crippen molar-refractivity contribution in [3.63, 3.8) is 0 Å². The van der Waals surface area contributed by atoms with E-state index in [0.29, 0.717) is 11.7 Å². The largest absolute Gasteiger partial charge is 0.345 e. The summed E-state index contributed by atoms with van der Waals surface area (Å²) < 4.78 is 1.60. The van der Waals surface area contributed by atoms with Gasteiger partial charge in [-0.1, -0.05) is 44.4 Å². The van der Waals surface area contributed by atoms with Gasteiger partial charge in [0.2, 0.25) is 0 Å². The molecule has 0 spiro atoms. The highest BCUT2D eigenvalue weighted by Gasteiger charge is 2.25. The summed E-state index contributed by atoms with van der Waals surface area (Å²) in [6.45, 7) is 2.17. The van der Waals surface area contributed by atoms with Crippen LogP contribution in [0.2, 0.25) is 0 Å². The molecule has 2 aromatic rings. The Hall–Kier alpha value is -2.63. The van der Waals surface area contributed by atoms with Gasteiger partial charge in [0.1, 0.15) is 5.82 Å². The minimum absolute atomic E-state index is 0.0935. The van der Waals surface area contributed by atoms with E-state index in [9.17, 15) is 9.59 Å². The van der Waals surface area contributed by atoms with Crippen LogP contribution in [0.4, 0.5) is 5.82 Å². The number of rotatable bonds is 4. The molecule has 132 valence electrons. The van der Waals surface area contributed by atoms with Crippen LogP contribution in [0.15, 0.2) is 42.6 Å². The third-order valence-corrected chi connectivity index (χ3v) is 4.79. The van der Waals surface area contributed by atoms with Gasteiger partial charge in [-0.2, -0.15) is 5.10 Å². The van der Waals surface area contributed by atoms with E-state index in [-0.39, 0.29) is 6.04 Å². The molecule has 2 amide bonds. The number of nitrogens with zero attached hydrogens (tertiary/aromatic N) is 2. The smallest absolute Gasteiger partial charge is 0.314 e. The molecule has 0 saturated heterocycles. The van der Waals surface area contributed by atoms with Crippen molar-refractivity contribution in [1.82, 2.24) is 15.1 Å². The fraction of sp³-hybridized carbons (Fsp3) is 0.421. The average Bonchev–Trinajstić information content (AvgIpc) is 3.10. The number of para-hydroxylation sites is 1. The molecule has 1 saturated carbocycles. The van der Waals surface area contributed by atoms with Gasteiger partial charge in [-0.15, -0.1) is 0 Å². The van der Waals surface area contributed by atoms with Gasteiger partial charge in [0.05, 0.1) is 11.9 Å². The highest BCUT2D eigenvalue weighted by Crippen LogP contribution is 2.26. The zero-order valence-electron chi connectivity index (χ0n) is 14.4. The van der Waals surface area contributed by atoms with Crippen molar-refractivity contribution in [2.24, 2.45) is 5.92 Å². The molecule has 0 radical (unpaired) electrons. The van der Waals surface area contributed by atoms with Crippen molar-refractivity contribution < 1.29 is 9.59 Å². The van der Waals surface area contributed by atoms with Crippen LogP contribution in [-0.4, -0.2) is 27.6 Å². The number of benzene rings is 1. The normalized spacial score (nSPS) is 20.0. The van der Waals surface area contributed by atoms with Gasteiger partial charge in [0.25, 0.3) is 0 Å². The summed E-state index contributed by atoms with van der Waals surface area (Å²) in [5.41, 5.74) is 0.821. The molecule has 0 unspecified atom stereocenters. The first-order valence-corrected chi connectivity index (χ1v) is 8.88. The lowest BCUT2D eigenvalue weighted by molar-refractivity contribution is -0.136. The lowest BCUT2D eigenvalue weighted by atomic mass is 9.84. The second kappa shape index (κ2) is 7.96. The van der Waals surface area contributed by atoms with Crippen LogP contribution in [0.5, 0.6) is 0 Å². The first kappa shape index (κ1) is 17.2. The number of carbonyl (C=O) groups excluding carboxylic acids is 2. The zero-order chi connectivity index (χ0) is 17.6. The predicted molar refractivity (Wildman–Crippen MR) is 96.4 cm³/mol. The quantitative estimate of drug-likeness (QED) is 0.840. The first-order valence-electron chi connectivity index (χ1n) is 8.88. The van der Waals surface area contributed by atoms with Gasteiger partial charge < -0.3 is 10.6 Å². The van der Waals surface area contributed by atoms with Gasteiger partial charge in [0.15, 0.2) is 0 Å². The Bertz CT molecular complexity index is 726. The van der Waals surface area contributed by atoms with Crippen molar-refractivity contribution >= 4 is 17.6 Å². The molecule has 0 bridgehead atoms. The number of anilines is 1. The molecule has 1 aromatic heterocycles. The summed E-state index contributed by atoms with van der Waals surface area (Å²) in [5.74, 6) is -0.123. The standard InChI is InChI=1S/C19H24N4O2/c1-2-14-7-6-8-15(13-14)21-18(24)19(25)22-17-11-12-20-23(17)16-9-4-3-5-10-16/h3-5,9-12,14-15H,2,6-8,13H2,1H3,(H,21,24)(H,22,25)/t14-,15+/m0/s1. The summed E-state index contributed by atoms with van der Waals surface area (Å²) in [7, 11) is 0. The Morgan fingerprint density at radius 1 is 1.16 bits per heavy atom. The van der Waals surface area contributed by atoms with Crippen LogP contribution >= 0.6 is 0 Å². The van der Waals surface area contributed by atoms with Gasteiger partial charge in [-0.05, 0) is 30.9 Å². The summed E-state index contributed by atoms with van der Waals surface area (Å²) in [5, 5.41) is 9.73. The molecule has 1 aromatic carbocycles. The Labute approximate surface area is 147 Å². The maximum absolute atomic E-state index is 12.3. The number of hydrogen-bond acceptors (Lipinski definition) is 3. The second-order valence-electron chi connectivity index (χ2n) is 6.53. The van der Waals surface area contributed by atoms with Crippen LogP contribution in [0.3, 0.4) is 0 Å². The molecular formula is C19H24N4O2. The molecule has 1 aliphatic rings. The summed E-state index contributed by atoms with van der Waals surface area (Å²) >= 11 is 0. The van der Waals surface area contributed by atoms with Crippen LogP contribution in [0.1, 0.15) is 39.0 Å². The molecule has 2 N–H and O–H groups in total. The highest BCUT2D eigenvalue weighted by molar-refractivity contribution is 6.39. The minimum Gasteiger partial charge on any atom is -0.345 e. The third-order valence-electron chi connectivity index (χ3n) is 4.79. The number of amides is 2. The Morgan fingerprint density at radius 2 is 1.96 bits per heavy atom. The van der Waals surface area contributed by atoms with E-state index < -0.39 is 11.8 Å². The maximum Gasteiger partial charge on any atom is 0.314 e. The molecule has 3 rings (SSSR count). The fourth-order valence-corrected chi connectivity index (χ4v) is 3.39. The number of nitrogens with one attached hydrogen (secondary N) is 2. The van der Waals surface area contributed by atoms with Gasteiger partial charge in [-0.25, -0.2) is 4.68 Å². The van der Waals surface area contributed by atoms with Crippen LogP contribution < -0.4 is 10.6 Å². The van der Waals surface area contributed by atoms with Gasteiger partial charge in [0, 0.05) is 12.1 Å². The molecule has 1 fully saturated rings. The van der Waals surface area contributed by atoms with E-state index in [4.69, 9.17) is 0 Å². The average molecular weight is 340 g/mol. The Balaban J connectivity index is 1.61. The lowest BCUT2D eigenvalue weighted by Crippen LogP contribution is -2.44. The highest BCUT2D eigenvalue weighted by atomic mass is 16.2. The van der Waals surface area contributed by atoms with Crippen LogP contribution in [0.25, 0.3) is 5.69 Å². The minimum atomic E-state index is -0.656. The van der Waals surface area contributed by atoms with Crippen molar-refractivity contribution in [1.29, 1.82) is 0 Å². The van der Waals surface area contributed by atoms with E-state index in [1.807, 2.05) is 30.3 Å². The van der Waals surface area contributed by atoms with Crippen molar-refractivity contribution in [2.75, 3.05) is 5.32 Å². The molecule has 1 heterocycles. The Kier molecular flexibility index (Phi) is 5.48. The van der Waals surface area contributed by atoms with Crippen molar-refractivity contribution in [3.8, 4) is 5.69 Å². The topological polar surface area (TPSA) is 76.0 Å². The van der Waals surface area contributed by atoms with Gasteiger partial charge in [-0.3, -0.25) is 9.59 Å². The van der Waals surface area contributed by atoms with E-state index in [0.717, 1.165) is 31.4 Å². The Morgan fingerprint density at radius 3 is 2.72 bits per heavy atom. The van der Waals surface area contributed by atoms with Gasteiger partial charge >= 0.3 is 11.8 Å². The summed E-state index contributed by atoms with van der Waals surface area (Å²) in [4.78, 5) is 24.5. The predicted octanol–water partition coefficient (Wildman–Crippen LogP) is 2.90. The van der Waals surface area contributed by atoms with E-state index in [1.54, 1.807) is 16.9 Å².